The van der Waals surface area contributed by atoms with Gasteiger partial charge in [-0.25, -0.2) is 10.2 Å². The molecule has 0 aromatic heterocycles. The highest BCUT2D eigenvalue weighted by molar-refractivity contribution is 9.10. The summed E-state index contributed by atoms with van der Waals surface area (Å²) in [5.74, 6) is 0.113. The first kappa shape index (κ1) is 22.0. The van der Waals surface area contributed by atoms with Gasteiger partial charge in [0.05, 0.1) is 31.6 Å². The number of rotatable bonds is 7. The smallest absolute Gasteiger partial charge is 0.343 e. The van der Waals surface area contributed by atoms with Crippen LogP contribution in [0.4, 0.5) is 0 Å². The molecule has 31 heavy (non-hydrogen) atoms. The van der Waals surface area contributed by atoms with Crippen LogP contribution < -0.4 is 19.6 Å². The fourth-order valence-electron chi connectivity index (χ4n) is 2.67. The Morgan fingerprint density at radius 1 is 0.903 bits per heavy atom. The van der Waals surface area contributed by atoms with E-state index in [0.29, 0.717) is 28.2 Å². The Kier molecular flexibility index (Phi) is 7.40. The molecule has 0 aliphatic rings. The van der Waals surface area contributed by atoms with Crippen molar-refractivity contribution in [2.45, 2.75) is 0 Å². The molecule has 0 bridgehead atoms. The fraction of sp³-hybridized carbons (Fsp3) is 0.0870. The number of amides is 1. The topological polar surface area (TPSA) is 86.2 Å². The van der Waals surface area contributed by atoms with Gasteiger partial charge in [-0.2, -0.15) is 5.10 Å². The van der Waals surface area contributed by atoms with Crippen LogP contribution in [-0.4, -0.2) is 32.3 Å². The first-order valence-electron chi connectivity index (χ1n) is 9.14. The van der Waals surface area contributed by atoms with E-state index in [9.17, 15) is 9.59 Å². The molecule has 0 unspecified atom stereocenters. The van der Waals surface area contributed by atoms with Gasteiger partial charge in [0.2, 0.25) is 0 Å². The molecule has 3 aromatic carbocycles. The molecule has 0 saturated carbocycles. The average molecular weight is 483 g/mol. The van der Waals surface area contributed by atoms with Crippen molar-refractivity contribution in [3.63, 3.8) is 0 Å². The maximum absolute atomic E-state index is 12.4. The summed E-state index contributed by atoms with van der Waals surface area (Å²) < 4.78 is 16.7. The van der Waals surface area contributed by atoms with E-state index >= 15 is 0 Å². The van der Waals surface area contributed by atoms with Crippen molar-refractivity contribution >= 4 is 34.0 Å². The molecule has 0 fully saturated rings. The molecule has 1 amide bonds. The van der Waals surface area contributed by atoms with Gasteiger partial charge in [0.15, 0.2) is 11.5 Å². The summed E-state index contributed by atoms with van der Waals surface area (Å²) >= 11 is 3.33. The van der Waals surface area contributed by atoms with E-state index in [-0.39, 0.29) is 5.75 Å². The lowest BCUT2D eigenvalue weighted by Crippen LogP contribution is -2.18. The van der Waals surface area contributed by atoms with Crippen LogP contribution in [-0.2, 0) is 0 Å². The molecule has 0 radical (unpaired) electrons. The molecule has 1 N–H and O–H groups in total. The number of methoxy groups -OCH3 is 2. The second-order valence-corrected chi connectivity index (χ2v) is 7.13. The number of nitrogens with zero attached hydrogens (tertiary/aromatic N) is 1. The van der Waals surface area contributed by atoms with Gasteiger partial charge in [-0.05, 0) is 54.1 Å². The van der Waals surface area contributed by atoms with Gasteiger partial charge >= 0.3 is 5.97 Å². The Morgan fingerprint density at radius 2 is 1.61 bits per heavy atom. The molecular weight excluding hydrogens is 464 g/mol. The summed E-state index contributed by atoms with van der Waals surface area (Å²) in [5, 5.41) is 3.98. The molecule has 0 aliphatic carbocycles. The van der Waals surface area contributed by atoms with Crippen LogP contribution in [0.1, 0.15) is 26.3 Å². The van der Waals surface area contributed by atoms with Crippen LogP contribution in [0.2, 0.25) is 0 Å². The van der Waals surface area contributed by atoms with E-state index < -0.39 is 11.9 Å². The molecule has 0 atom stereocenters. The molecule has 0 aliphatic heterocycles. The number of esters is 1. The maximum atomic E-state index is 12.4. The third kappa shape index (κ3) is 5.70. The van der Waals surface area contributed by atoms with Gasteiger partial charge in [0, 0.05) is 4.47 Å². The first-order valence-corrected chi connectivity index (χ1v) is 9.93. The van der Waals surface area contributed by atoms with Gasteiger partial charge < -0.3 is 14.2 Å². The lowest BCUT2D eigenvalue weighted by molar-refractivity contribution is 0.0729. The molecule has 0 saturated heterocycles. The highest BCUT2D eigenvalue weighted by atomic mass is 79.9. The Bertz CT molecular complexity index is 1120. The third-order valence-corrected chi connectivity index (χ3v) is 4.68. The molecular formula is C23H19BrN2O5. The second-order valence-electron chi connectivity index (χ2n) is 6.21. The number of carbonyl (C=O) groups excluding carboxylic acids is 2. The summed E-state index contributed by atoms with van der Waals surface area (Å²) in [6, 6.07) is 18.7. The Hall–Kier alpha value is -3.65. The van der Waals surface area contributed by atoms with Crippen molar-refractivity contribution in [1.29, 1.82) is 0 Å². The van der Waals surface area contributed by atoms with E-state index in [1.165, 1.54) is 20.4 Å². The standard InChI is InChI=1S/C23H19BrN2O5/c1-29-19-11-9-17(24)13-18(19)22(27)26-25-14-15-8-10-20(30-2)21(12-15)31-23(28)16-6-4-3-5-7-16/h3-14H,1-2H3,(H,26,27)/b25-14+. The molecule has 0 spiro atoms. The minimum Gasteiger partial charge on any atom is -0.496 e. The number of hydrogen-bond donors (Lipinski definition) is 1. The van der Waals surface area contributed by atoms with Gasteiger partial charge in [-0.3, -0.25) is 4.79 Å². The molecule has 0 heterocycles. The number of hydrogen-bond acceptors (Lipinski definition) is 6. The summed E-state index contributed by atoms with van der Waals surface area (Å²) in [4.78, 5) is 24.8. The zero-order chi connectivity index (χ0) is 22.2. The normalized spacial score (nSPS) is 10.5. The molecule has 8 heteroatoms. The number of nitrogens with one attached hydrogen (secondary N) is 1. The van der Waals surface area contributed by atoms with E-state index in [4.69, 9.17) is 14.2 Å². The van der Waals surface area contributed by atoms with Crippen LogP contribution >= 0.6 is 15.9 Å². The first-order chi connectivity index (χ1) is 15.0. The highest BCUT2D eigenvalue weighted by Crippen LogP contribution is 2.28. The number of carbonyl (C=O) groups is 2. The van der Waals surface area contributed by atoms with Crippen molar-refractivity contribution < 1.29 is 23.8 Å². The van der Waals surface area contributed by atoms with Gasteiger partial charge in [0.1, 0.15) is 5.75 Å². The number of halogens is 1. The van der Waals surface area contributed by atoms with Crippen molar-refractivity contribution in [2.24, 2.45) is 5.10 Å². The monoisotopic (exact) mass is 482 g/mol. The fourth-order valence-corrected chi connectivity index (χ4v) is 3.03. The predicted molar refractivity (Wildman–Crippen MR) is 120 cm³/mol. The average Bonchev–Trinajstić information content (AvgIpc) is 2.79. The van der Waals surface area contributed by atoms with Gasteiger partial charge in [0.25, 0.3) is 5.91 Å². The van der Waals surface area contributed by atoms with Crippen LogP contribution in [0.15, 0.2) is 76.3 Å². The van der Waals surface area contributed by atoms with E-state index in [1.54, 1.807) is 60.7 Å². The van der Waals surface area contributed by atoms with Crippen molar-refractivity contribution in [1.82, 2.24) is 5.43 Å². The molecule has 3 rings (SSSR count). The van der Waals surface area contributed by atoms with Crippen LogP contribution in [0.3, 0.4) is 0 Å². The van der Waals surface area contributed by atoms with Crippen LogP contribution in [0, 0.1) is 0 Å². The number of ether oxygens (including phenoxy) is 3. The summed E-state index contributed by atoms with van der Waals surface area (Å²) in [6.45, 7) is 0. The predicted octanol–water partition coefficient (Wildman–Crippen LogP) is 4.45. The summed E-state index contributed by atoms with van der Waals surface area (Å²) in [6.07, 6.45) is 1.43. The molecule has 7 nitrogen and oxygen atoms in total. The maximum Gasteiger partial charge on any atom is 0.343 e. The van der Waals surface area contributed by atoms with Crippen molar-refractivity contribution in [3.05, 3.63) is 87.9 Å². The van der Waals surface area contributed by atoms with Crippen molar-refractivity contribution in [2.75, 3.05) is 14.2 Å². The number of benzene rings is 3. The zero-order valence-electron chi connectivity index (χ0n) is 16.8. The lowest BCUT2D eigenvalue weighted by Gasteiger charge is -2.10. The van der Waals surface area contributed by atoms with Gasteiger partial charge in [-0.15, -0.1) is 0 Å². The Balaban J connectivity index is 1.74. The molecule has 3 aromatic rings. The highest BCUT2D eigenvalue weighted by Gasteiger charge is 2.14. The zero-order valence-corrected chi connectivity index (χ0v) is 18.4. The van der Waals surface area contributed by atoms with Crippen LogP contribution in [0.25, 0.3) is 0 Å². The van der Waals surface area contributed by atoms with Crippen LogP contribution in [0.5, 0.6) is 17.2 Å². The van der Waals surface area contributed by atoms with Gasteiger partial charge in [-0.1, -0.05) is 34.1 Å². The third-order valence-electron chi connectivity index (χ3n) is 4.19. The van der Waals surface area contributed by atoms with E-state index in [1.807, 2.05) is 6.07 Å². The Labute approximate surface area is 187 Å². The van der Waals surface area contributed by atoms with E-state index in [0.717, 1.165) is 4.47 Å². The lowest BCUT2D eigenvalue weighted by atomic mass is 10.2. The second kappa shape index (κ2) is 10.4. The SMILES string of the molecule is COc1ccc(/C=N/NC(=O)c2cc(Br)ccc2OC)cc1OC(=O)c1ccccc1. The minimum absolute atomic E-state index is 0.236. The summed E-state index contributed by atoms with van der Waals surface area (Å²) in [5.41, 5.74) is 3.80. The van der Waals surface area contributed by atoms with Crippen molar-refractivity contribution in [3.8, 4) is 17.2 Å². The minimum atomic E-state index is -0.511. The Morgan fingerprint density at radius 3 is 2.32 bits per heavy atom. The largest absolute Gasteiger partial charge is 0.496 e. The quantitative estimate of drug-likeness (QED) is 0.232. The molecule has 158 valence electrons. The summed E-state index contributed by atoms with van der Waals surface area (Å²) in [7, 11) is 2.97. The number of hydrazone groups is 1. The van der Waals surface area contributed by atoms with E-state index in [2.05, 4.69) is 26.5 Å².